The van der Waals surface area contributed by atoms with E-state index in [1.165, 1.54) is 7.11 Å². The lowest BCUT2D eigenvalue weighted by molar-refractivity contribution is -0.127. The molecular weight excluding hydrogens is 440 g/mol. The van der Waals surface area contributed by atoms with Crippen LogP contribution in [0, 0.1) is 6.92 Å². The van der Waals surface area contributed by atoms with Crippen molar-refractivity contribution in [1.82, 2.24) is 4.90 Å². The van der Waals surface area contributed by atoms with Gasteiger partial charge in [-0.3, -0.25) is 19.3 Å². The maximum atomic E-state index is 12.7. The summed E-state index contributed by atoms with van der Waals surface area (Å²) >= 11 is 6.75. The Morgan fingerprint density at radius 3 is 2.68 bits per heavy atom. The van der Waals surface area contributed by atoms with Crippen LogP contribution in [0.5, 0.6) is 11.5 Å². The molecule has 0 radical (unpaired) electrons. The Bertz CT molecular complexity index is 1070. The first-order chi connectivity index (χ1) is 14.8. The summed E-state index contributed by atoms with van der Waals surface area (Å²) in [6.45, 7) is 3.79. The third-order valence-electron chi connectivity index (χ3n) is 4.43. The normalized spacial score (nSPS) is 14.8. The number of nitrogens with one attached hydrogen (secondary N) is 1. The smallest absolute Gasteiger partial charge is 0.294 e. The van der Waals surface area contributed by atoms with Crippen molar-refractivity contribution in [3.8, 4) is 11.5 Å². The van der Waals surface area contributed by atoms with E-state index in [0.717, 1.165) is 22.2 Å². The predicted molar refractivity (Wildman–Crippen MR) is 122 cm³/mol. The van der Waals surface area contributed by atoms with E-state index in [1.807, 2.05) is 13.8 Å². The summed E-state index contributed by atoms with van der Waals surface area (Å²) in [7, 11) is 1.52. The molecule has 1 heterocycles. The molecule has 0 saturated carbocycles. The molecule has 31 heavy (non-hydrogen) atoms. The monoisotopic (exact) mass is 460 g/mol. The molecule has 0 bridgehead atoms. The maximum Gasteiger partial charge on any atom is 0.294 e. The van der Waals surface area contributed by atoms with Gasteiger partial charge in [-0.2, -0.15) is 0 Å². The first-order valence-corrected chi connectivity index (χ1v) is 10.6. The minimum Gasteiger partial charge on any atom is -0.493 e. The van der Waals surface area contributed by atoms with Crippen LogP contribution < -0.4 is 14.8 Å². The van der Waals surface area contributed by atoms with E-state index in [9.17, 15) is 14.4 Å². The summed E-state index contributed by atoms with van der Waals surface area (Å²) in [6, 6.07) is 10.3. The molecule has 3 rings (SSSR count). The molecule has 1 fully saturated rings. The molecule has 1 N–H and O–H groups in total. The lowest BCUT2D eigenvalue weighted by Gasteiger charge is -2.14. The molecule has 1 aliphatic heterocycles. The summed E-state index contributed by atoms with van der Waals surface area (Å²) in [6.07, 6.45) is 1.59. The van der Waals surface area contributed by atoms with Gasteiger partial charge < -0.3 is 14.8 Å². The Morgan fingerprint density at radius 1 is 1.19 bits per heavy atom. The van der Waals surface area contributed by atoms with Crippen LogP contribution in [0.25, 0.3) is 6.08 Å². The van der Waals surface area contributed by atoms with Gasteiger partial charge in [0.2, 0.25) is 5.91 Å². The summed E-state index contributed by atoms with van der Waals surface area (Å²) in [5.41, 5.74) is 2.02. The van der Waals surface area contributed by atoms with Crippen molar-refractivity contribution in [3.05, 3.63) is 57.5 Å². The van der Waals surface area contributed by atoms with Crippen LogP contribution >= 0.6 is 23.4 Å². The molecule has 3 amide bonds. The Labute approximate surface area is 189 Å². The second-order valence-corrected chi connectivity index (χ2v) is 8.05. The van der Waals surface area contributed by atoms with Crippen LogP contribution in [0.3, 0.4) is 0 Å². The van der Waals surface area contributed by atoms with Gasteiger partial charge in [0.1, 0.15) is 6.54 Å². The molecule has 2 aromatic rings. The number of benzene rings is 2. The van der Waals surface area contributed by atoms with E-state index in [4.69, 9.17) is 21.1 Å². The van der Waals surface area contributed by atoms with E-state index in [1.54, 1.807) is 42.5 Å². The number of anilines is 1. The second-order valence-electron chi connectivity index (χ2n) is 6.62. The van der Waals surface area contributed by atoms with Crippen LogP contribution in [-0.2, 0) is 9.59 Å². The van der Waals surface area contributed by atoms with Crippen LogP contribution in [0.15, 0.2) is 41.3 Å². The molecule has 1 aliphatic rings. The zero-order chi connectivity index (χ0) is 22.5. The number of nitrogens with zero attached hydrogens (tertiary/aromatic N) is 1. The standard InChI is InChI=1S/C22H21ClN2O5S/c1-4-30-17-8-6-14(9-18(17)29-3)10-19-21(27)25(22(28)31-19)12-20(26)24-16-11-15(23)7-5-13(16)2/h5-11H,4,12H2,1-3H3,(H,24,26)/b19-10+. The van der Waals surface area contributed by atoms with Gasteiger partial charge in [-0.1, -0.05) is 23.7 Å². The van der Waals surface area contributed by atoms with E-state index < -0.39 is 17.1 Å². The molecule has 2 aromatic carbocycles. The Kier molecular flexibility index (Phi) is 7.25. The highest BCUT2D eigenvalue weighted by molar-refractivity contribution is 8.18. The number of imide groups is 1. The number of aryl methyl sites for hydroxylation is 1. The fourth-order valence-corrected chi connectivity index (χ4v) is 3.91. The van der Waals surface area contributed by atoms with Gasteiger partial charge in [0, 0.05) is 10.7 Å². The number of methoxy groups -OCH3 is 1. The molecule has 7 nitrogen and oxygen atoms in total. The molecule has 9 heteroatoms. The molecule has 0 aliphatic carbocycles. The van der Waals surface area contributed by atoms with Crippen molar-refractivity contribution >= 4 is 52.2 Å². The topological polar surface area (TPSA) is 84.9 Å². The van der Waals surface area contributed by atoms with Crippen LogP contribution in [0.1, 0.15) is 18.1 Å². The third-order valence-corrected chi connectivity index (χ3v) is 5.58. The van der Waals surface area contributed by atoms with Gasteiger partial charge in [-0.05, 0) is 67.1 Å². The first-order valence-electron chi connectivity index (χ1n) is 9.44. The SMILES string of the molecule is CCOc1ccc(/C=C2/SC(=O)N(CC(=O)Nc3cc(Cl)ccc3C)C2=O)cc1OC. The van der Waals surface area contributed by atoms with Crippen molar-refractivity contribution in [1.29, 1.82) is 0 Å². The fraction of sp³-hybridized carbons (Fsp3) is 0.227. The van der Waals surface area contributed by atoms with E-state index in [0.29, 0.717) is 34.4 Å². The number of rotatable bonds is 7. The number of hydrogen-bond donors (Lipinski definition) is 1. The minimum absolute atomic E-state index is 0.225. The first kappa shape index (κ1) is 22.7. The Morgan fingerprint density at radius 2 is 1.97 bits per heavy atom. The van der Waals surface area contributed by atoms with E-state index in [-0.39, 0.29) is 11.4 Å². The molecule has 0 spiro atoms. The average molecular weight is 461 g/mol. The number of hydrogen-bond acceptors (Lipinski definition) is 6. The molecule has 0 unspecified atom stereocenters. The van der Waals surface area contributed by atoms with Gasteiger partial charge in [-0.25, -0.2) is 0 Å². The fourth-order valence-electron chi connectivity index (χ4n) is 2.90. The van der Waals surface area contributed by atoms with Gasteiger partial charge in [0.25, 0.3) is 11.1 Å². The van der Waals surface area contributed by atoms with Gasteiger partial charge >= 0.3 is 0 Å². The van der Waals surface area contributed by atoms with Crippen molar-refractivity contribution in [3.63, 3.8) is 0 Å². The maximum absolute atomic E-state index is 12.7. The molecule has 1 saturated heterocycles. The highest BCUT2D eigenvalue weighted by Gasteiger charge is 2.36. The minimum atomic E-state index is -0.527. The number of ether oxygens (including phenoxy) is 2. The van der Waals surface area contributed by atoms with Gasteiger partial charge in [0.05, 0.1) is 18.6 Å². The second kappa shape index (κ2) is 9.89. The molecule has 0 aromatic heterocycles. The largest absolute Gasteiger partial charge is 0.493 e. The zero-order valence-corrected chi connectivity index (χ0v) is 18.8. The number of carbonyl (C=O) groups is 3. The number of halogens is 1. The third kappa shape index (κ3) is 5.39. The van der Waals surface area contributed by atoms with Crippen molar-refractivity contribution < 1.29 is 23.9 Å². The quantitative estimate of drug-likeness (QED) is 0.601. The Hall–Kier alpha value is -2.97. The lowest BCUT2D eigenvalue weighted by Crippen LogP contribution is -2.36. The highest BCUT2D eigenvalue weighted by atomic mass is 35.5. The van der Waals surface area contributed by atoms with Gasteiger partial charge in [0.15, 0.2) is 11.5 Å². The molecule has 0 atom stereocenters. The number of thioether (sulfide) groups is 1. The van der Waals surface area contributed by atoms with Crippen LogP contribution in [0.4, 0.5) is 10.5 Å². The van der Waals surface area contributed by atoms with Crippen LogP contribution in [0.2, 0.25) is 5.02 Å². The van der Waals surface area contributed by atoms with Crippen LogP contribution in [-0.4, -0.2) is 42.2 Å². The molecular formula is C22H21ClN2O5S. The number of amides is 3. The predicted octanol–water partition coefficient (Wildman–Crippen LogP) is 4.73. The molecule has 162 valence electrons. The summed E-state index contributed by atoms with van der Waals surface area (Å²) in [4.78, 5) is 38.6. The van der Waals surface area contributed by atoms with Gasteiger partial charge in [-0.15, -0.1) is 0 Å². The lowest BCUT2D eigenvalue weighted by atomic mass is 10.2. The summed E-state index contributed by atoms with van der Waals surface area (Å²) < 4.78 is 10.8. The van der Waals surface area contributed by atoms with Crippen molar-refractivity contribution in [2.24, 2.45) is 0 Å². The average Bonchev–Trinajstić information content (AvgIpc) is 2.99. The highest BCUT2D eigenvalue weighted by Crippen LogP contribution is 2.34. The zero-order valence-electron chi connectivity index (χ0n) is 17.2. The summed E-state index contributed by atoms with van der Waals surface area (Å²) in [5, 5.41) is 2.65. The number of carbonyl (C=O) groups excluding carboxylic acids is 3. The van der Waals surface area contributed by atoms with Crippen molar-refractivity contribution in [2.75, 3.05) is 25.6 Å². The summed E-state index contributed by atoms with van der Waals surface area (Å²) in [5.74, 6) is 0.0896. The van der Waals surface area contributed by atoms with E-state index in [2.05, 4.69) is 5.32 Å². The Balaban J connectivity index is 1.73. The van der Waals surface area contributed by atoms with Crippen molar-refractivity contribution in [2.45, 2.75) is 13.8 Å². The van der Waals surface area contributed by atoms with E-state index >= 15 is 0 Å².